The molecule has 26 heavy (non-hydrogen) atoms. The molecule has 0 atom stereocenters. The SMILES string of the molecule is Cc1ccc(-c2cn3cccc(C)c3n2)cc1NC(=O)C1CCCCC1. The molecule has 4 nitrogen and oxygen atoms in total. The van der Waals surface area contributed by atoms with Gasteiger partial charge in [0.15, 0.2) is 0 Å². The maximum atomic E-state index is 12.6. The minimum absolute atomic E-state index is 0.157. The van der Waals surface area contributed by atoms with E-state index < -0.39 is 0 Å². The van der Waals surface area contributed by atoms with E-state index in [4.69, 9.17) is 4.98 Å². The highest BCUT2D eigenvalue weighted by molar-refractivity contribution is 5.94. The minimum Gasteiger partial charge on any atom is -0.326 e. The van der Waals surface area contributed by atoms with Crippen molar-refractivity contribution in [3.63, 3.8) is 0 Å². The van der Waals surface area contributed by atoms with Crippen LogP contribution in [0, 0.1) is 19.8 Å². The molecule has 1 aromatic carbocycles. The molecule has 0 aliphatic heterocycles. The number of aromatic nitrogens is 2. The number of amides is 1. The number of carbonyl (C=O) groups excluding carboxylic acids is 1. The average Bonchev–Trinajstić information content (AvgIpc) is 3.10. The number of hydrogen-bond donors (Lipinski definition) is 1. The first-order valence-electron chi connectivity index (χ1n) is 9.48. The molecule has 1 fully saturated rings. The van der Waals surface area contributed by atoms with Gasteiger partial charge < -0.3 is 9.72 Å². The Morgan fingerprint density at radius 1 is 1.12 bits per heavy atom. The van der Waals surface area contributed by atoms with E-state index in [2.05, 4.69) is 30.4 Å². The summed E-state index contributed by atoms with van der Waals surface area (Å²) < 4.78 is 2.05. The first-order chi connectivity index (χ1) is 12.6. The summed E-state index contributed by atoms with van der Waals surface area (Å²) in [6.45, 7) is 4.10. The molecule has 3 aromatic rings. The number of imidazole rings is 1. The summed E-state index contributed by atoms with van der Waals surface area (Å²) >= 11 is 0. The highest BCUT2D eigenvalue weighted by Gasteiger charge is 2.21. The highest BCUT2D eigenvalue weighted by atomic mass is 16.1. The van der Waals surface area contributed by atoms with Gasteiger partial charge in [0.2, 0.25) is 5.91 Å². The van der Waals surface area contributed by atoms with Crippen molar-refractivity contribution >= 4 is 17.2 Å². The average molecular weight is 347 g/mol. The van der Waals surface area contributed by atoms with Crippen molar-refractivity contribution in [1.82, 2.24) is 9.38 Å². The fourth-order valence-electron chi connectivity index (χ4n) is 3.81. The predicted molar refractivity (Wildman–Crippen MR) is 105 cm³/mol. The predicted octanol–water partition coefficient (Wildman–Crippen LogP) is 5.14. The van der Waals surface area contributed by atoms with Crippen LogP contribution in [0.3, 0.4) is 0 Å². The summed E-state index contributed by atoms with van der Waals surface area (Å²) in [6.07, 6.45) is 9.66. The highest BCUT2D eigenvalue weighted by Crippen LogP contribution is 2.28. The number of nitrogens with one attached hydrogen (secondary N) is 1. The van der Waals surface area contributed by atoms with Crippen LogP contribution in [0.4, 0.5) is 5.69 Å². The van der Waals surface area contributed by atoms with E-state index >= 15 is 0 Å². The van der Waals surface area contributed by atoms with Crippen molar-refractivity contribution in [2.24, 2.45) is 5.92 Å². The number of pyridine rings is 1. The van der Waals surface area contributed by atoms with Crippen LogP contribution in [-0.4, -0.2) is 15.3 Å². The molecule has 0 unspecified atom stereocenters. The maximum Gasteiger partial charge on any atom is 0.227 e. The molecule has 0 spiro atoms. The number of fused-ring (bicyclic) bond motifs is 1. The van der Waals surface area contributed by atoms with Crippen LogP contribution in [-0.2, 0) is 4.79 Å². The van der Waals surface area contributed by atoms with Crippen LogP contribution >= 0.6 is 0 Å². The molecule has 1 aliphatic rings. The van der Waals surface area contributed by atoms with Crippen molar-refractivity contribution in [3.05, 3.63) is 53.9 Å². The summed E-state index contributed by atoms with van der Waals surface area (Å²) in [4.78, 5) is 17.4. The Morgan fingerprint density at radius 2 is 1.92 bits per heavy atom. The van der Waals surface area contributed by atoms with Crippen molar-refractivity contribution in [2.75, 3.05) is 5.32 Å². The number of aryl methyl sites for hydroxylation is 2. The van der Waals surface area contributed by atoms with Gasteiger partial charge in [-0.15, -0.1) is 0 Å². The van der Waals surface area contributed by atoms with E-state index in [1.165, 1.54) is 6.42 Å². The molecule has 1 aliphatic carbocycles. The van der Waals surface area contributed by atoms with Gasteiger partial charge in [0.05, 0.1) is 5.69 Å². The Morgan fingerprint density at radius 3 is 2.69 bits per heavy atom. The molecular weight excluding hydrogens is 322 g/mol. The first-order valence-corrected chi connectivity index (χ1v) is 9.48. The largest absolute Gasteiger partial charge is 0.326 e. The Labute approximate surface area is 154 Å². The monoisotopic (exact) mass is 347 g/mol. The smallest absolute Gasteiger partial charge is 0.227 e. The molecule has 0 saturated heterocycles. The van der Waals surface area contributed by atoms with Gasteiger partial charge in [0.1, 0.15) is 5.65 Å². The molecule has 4 heteroatoms. The third-order valence-electron chi connectivity index (χ3n) is 5.45. The number of hydrogen-bond acceptors (Lipinski definition) is 2. The topological polar surface area (TPSA) is 46.4 Å². The number of anilines is 1. The fourth-order valence-corrected chi connectivity index (χ4v) is 3.81. The number of carbonyl (C=O) groups is 1. The Balaban J connectivity index is 1.62. The second kappa shape index (κ2) is 6.94. The molecule has 0 radical (unpaired) electrons. The molecule has 1 saturated carbocycles. The van der Waals surface area contributed by atoms with Gasteiger partial charge in [-0.3, -0.25) is 4.79 Å². The first kappa shape index (κ1) is 16.8. The zero-order valence-electron chi connectivity index (χ0n) is 15.5. The molecule has 2 heterocycles. The zero-order valence-corrected chi connectivity index (χ0v) is 15.5. The molecule has 0 bridgehead atoms. The van der Waals surface area contributed by atoms with Crippen LogP contribution in [0.25, 0.3) is 16.9 Å². The summed E-state index contributed by atoms with van der Waals surface area (Å²) in [5.41, 5.74) is 6.04. The molecule has 1 N–H and O–H groups in total. The van der Waals surface area contributed by atoms with Crippen molar-refractivity contribution < 1.29 is 4.79 Å². The van der Waals surface area contributed by atoms with Crippen LogP contribution in [0.1, 0.15) is 43.2 Å². The minimum atomic E-state index is 0.157. The van der Waals surface area contributed by atoms with E-state index in [0.29, 0.717) is 0 Å². The lowest BCUT2D eigenvalue weighted by Gasteiger charge is -2.21. The summed E-state index contributed by atoms with van der Waals surface area (Å²) in [6, 6.07) is 10.3. The van der Waals surface area contributed by atoms with E-state index in [0.717, 1.165) is 59.4 Å². The third-order valence-corrected chi connectivity index (χ3v) is 5.45. The van der Waals surface area contributed by atoms with Gasteiger partial charge in [0.25, 0.3) is 0 Å². The van der Waals surface area contributed by atoms with Gasteiger partial charge in [-0.1, -0.05) is 37.5 Å². The van der Waals surface area contributed by atoms with Crippen LogP contribution in [0.5, 0.6) is 0 Å². The van der Waals surface area contributed by atoms with E-state index in [1.54, 1.807) is 0 Å². The van der Waals surface area contributed by atoms with Crippen molar-refractivity contribution in [1.29, 1.82) is 0 Å². The summed E-state index contributed by atoms with van der Waals surface area (Å²) in [5, 5.41) is 3.16. The number of rotatable bonds is 3. The quantitative estimate of drug-likeness (QED) is 0.713. The lowest BCUT2D eigenvalue weighted by Crippen LogP contribution is -2.25. The standard InChI is InChI=1S/C22H25N3O/c1-15-10-11-18(20-14-25-12-6-7-16(2)21(25)23-20)13-19(15)24-22(26)17-8-4-3-5-9-17/h6-7,10-14,17H,3-5,8-9H2,1-2H3,(H,24,26). The lowest BCUT2D eigenvalue weighted by molar-refractivity contribution is -0.120. The second-order valence-corrected chi connectivity index (χ2v) is 7.40. The van der Waals surface area contributed by atoms with Gasteiger partial charge in [0, 0.05) is 29.6 Å². The number of nitrogens with zero attached hydrogens (tertiary/aromatic N) is 2. The summed E-state index contributed by atoms with van der Waals surface area (Å²) in [7, 11) is 0. The number of benzene rings is 1. The van der Waals surface area contributed by atoms with Gasteiger partial charge in [-0.2, -0.15) is 0 Å². The molecule has 4 rings (SSSR count). The second-order valence-electron chi connectivity index (χ2n) is 7.40. The fraction of sp³-hybridized carbons (Fsp3) is 0.364. The third kappa shape index (κ3) is 3.24. The zero-order chi connectivity index (χ0) is 18.1. The Bertz CT molecular complexity index is 951. The van der Waals surface area contributed by atoms with Crippen LogP contribution < -0.4 is 5.32 Å². The van der Waals surface area contributed by atoms with E-state index in [1.807, 2.05) is 35.9 Å². The molecule has 1 amide bonds. The van der Waals surface area contributed by atoms with Crippen molar-refractivity contribution in [3.8, 4) is 11.3 Å². The molecule has 134 valence electrons. The summed E-state index contributed by atoms with van der Waals surface area (Å²) in [5.74, 6) is 0.320. The normalized spacial score (nSPS) is 15.3. The Hall–Kier alpha value is -2.62. The molecule has 2 aromatic heterocycles. The van der Waals surface area contributed by atoms with Crippen LogP contribution in [0.15, 0.2) is 42.7 Å². The lowest BCUT2D eigenvalue weighted by atomic mass is 9.88. The van der Waals surface area contributed by atoms with Gasteiger partial charge in [-0.05, 0) is 49.9 Å². The molecular formula is C22H25N3O. The van der Waals surface area contributed by atoms with E-state index in [-0.39, 0.29) is 11.8 Å². The van der Waals surface area contributed by atoms with Gasteiger partial charge in [-0.25, -0.2) is 4.98 Å². The van der Waals surface area contributed by atoms with Gasteiger partial charge >= 0.3 is 0 Å². The van der Waals surface area contributed by atoms with Crippen LogP contribution in [0.2, 0.25) is 0 Å². The van der Waals surface area contributed by atoms with E-state index in [9.17, 15) is 4.79 Å². The Kier molecular flexibility index (Phi) is 4.49. The maximum absolute atomic E-state index is 12.6. The van der Waals surface area contributed by atoms with Crippen molar-refractivity contribution in [2.45, 2.75) is 46.0 Å².